The Morgan fingerprint density at radius 3 is 2.29 bits per heavy atom. The van der Waals surface area contributed by atoms with Crippen LogP contribution in [0.25, 0.3) is 0 Å². The molecule has 0 radical (unpaired) electrons. The Balaban J connectivity index is 2.55. The summed E-state index contributed by atoms with van der Waals surface area (Å²) >= 11 is 0. The number of rotatable bonds is 7. The van der Waals surface area contributed by atoms with E-state index in [0.29, 0.717) is 6.04 Å². The highest BCUT2D eigenvalue weighted by Gasteiger charge is 2.11. The van der Waals surface area contributed by atoms with Gasteiger partial charge in [0.05, 0.1) is 0 Å². The Kier molecular flexibility index (Phi) is 6.23. The van der Waals surface area contributed by atoms with Crippen molar-refractivity contribution < 1.29 is 0 Å². The van der Waals surface area contributed by atoms with Crippen molar-refractivity contribution in [3.8, 4) is 0 Å². The molecule has 1 N–H and O–H groups in total. The first-order chi connectivity index (χ1) is 8.09. The molecule has 2 nitrogen and oxygen atoms in total. The van der Waals surface area contributed by atoms with Gasteiger partial charge >= 0.3 is 0 Å². The second-order valence-corrected chi connectivity index (χ2v) is 5.36. The van der Waals surface area contributed by atoms with Crippen LogP contribution in [0.4, 0.5) is 0 Å². The van der Waals surface area contributed by atoms with Gasteiger partial charge in [-0.1, -0.05) is 44.2 Å². The van der Waals surface area contributed by atoms with Crippen LogP contribution in [0.15, 0.2) is 30.3 Å². The first kappa shape index (κ1) is 14.2. The Hall–Kier alpha value is -0.860. The lowest BCUT2D eigenvalue weighted by atomic mass is 10.1. The minimum atomic E-state index is 0.435. The van der Waals surface area contributed by atoms with Gasteiger partial charge in [0.15, 0.2) is 0 Å². The lowest BCUT2D eigenvalue weighted by molar-refractivity contribution is 0.336. The number of hydrogen-bond donors (Lipinski definition) is 1. The van der Waals surface area contributed by atoms with E-state index in [2.05, 4.69) is 68.5 Å². The fraction of sp³-hybridized carbons (Fsp3) is 0.600. The van der Waals surface area contributed by atoms with Crippen LogP contribution in [-0.2, 0) is 0 Å². The first-order valence-corrected chi connectivity index (χ1v) is 6.52. The summed E-state index contributed by atoms with van der Waals surface area (Å²) in [6.45, 7) is 6.67. The van der Waals surface area contributed by atoms with Gasteiger partial charge in [0.1, 0.15) is 0 Å². The monoisotopic (exact) mass is 234 g/mol. The van der Waals surface area contributed by atoms with Crippen molar-refractivity contribution in [2.75, 3.05) is 27.2 Å². The Morgan fingerprint density at radius 1 is 1.12 bits per heavy atom. The van der Waals surface area contributed by atoms with Crippen LogP contribution >= 0.6 is 0 Å². The molecule has 2 heteroatoms. The molecule has 0 amide bonds. The maximum atomic E-state index is 3.66. The molecule has 0 spiro atoms. The van der Waals surface area contributed by atoms with Crippen LogP contribution in [0.1, 0.15) is 31.9 Å². The van der Waals surface area contributed by atoms with Crippen LogP contribution in [0.5, 0.6) is 0 Å². The summed E-state index contributed by atoms with van der Waals surface area (Å²) in [5, 5.41) is 3.66. The minimum absolute atomic E-state index is 0.435. The van der Waals surface area contributed by atoms with Crippen LogP contribution in [0, 0.1) is 5.92 Å². The molecule has 0 aliphatic rings. The zero-order valence-electron chi connectivity index (χ0n) is 11.6. The molecular weight excluding hydrogens is 208 g/mol. The predicted molar refractivity (Wildman–Crippen MR) is 75.2 cm³/mol. The molecule has 0 aliphatic carbocycles. The highest BCUT2D eigenvalue weighted by atomic mass is 15.1. The number of likely N-dealkylation sites (N-methyl/N-ethyl adjacent to an activating group) is 1. The molecule has 1 aromatic carbocycles. The third kappa shape index (κ3) is 5.85. The van der Waals surface area contributed by atoms with Gasteiger partial charge in [-0.25, -0.2) is 0 Å². The van der Waals surface area contributed by atoms with Gasteiger partial charge in [0.25, 0.3) is 0 Å². The normalized spacial score (nSPS) is 13.3. The zero-order valence-corrected chi connectivity index (χ0v) is 11.6. The Morgan fingerprint density at radius 2 is 1.76 bits per heavy atom. The van der Waals surface area contributed by atoms with E-state index < -0.39 is 0 Å². The fourth-order valence-electron chi connectivity index (χ4n) is 1.88. The topological polar surface area (TPSA) is 15.3 Å². The third-order valence-corrected chi connectivity index (χ3v) is 2.86. The quantitative estimate of drug-likeness (QED) is 0.780. The molecule has 0 heterocycles. The zero-order chi connectivity index (χ0) is 12.7. The molecule has 1 atom stereocenters. The van der Waals surface area contributed by atoms with E-state index in [1.807, 2.05) is 0 Å². The van der Waals surface area contributed by atoms with E-state index in [1.165, 1.54) is 12.0 Å². The predicted octanol–water partition coefficient (Wildman–Crippen LogP) is 2.93. The van der Waals surface area contributed by atoms with Crippen LogP contribution in [0.3, 0.4) is 0 Å². The van der Waals surface area contributed by atoms with E-state index in [4.69, 9.17) is 0 Å². The summed E-state index contributed by atoms with van der Waals surface area (Å²) in [4.78, 5) is 2.24. The average molecular weight is 234 g/mol. The van der Waals surface area contributed by atoms with Gasteiger partial charge in [-0.3, -0.25) is 0 Å². The molecular formula is C15H26N2. The molecule has 96 valence electrons. The number of benzene rings is 1. The highest BCUT2D eigenvalue weighted by molar-refractivity contribution is 5.19. The summed E-state index contributed by atoms with van der Waals surface area (Å²) in [7, 11) is 4.25. The van der Waals surface area contributed by atoms with E-state index in [1.54, 1.807) is 0 Å². The van der Waals surface area contributed by atoms with Crippen molar-refractivity contribution in [2.24, 2.45) is 5.92 Å². The van der Waals surface area contributed by atoms with Gasteiger partial charge in [-0.2, -0.15) is 0 Å². The number of nitrogens with zero attached hydrogens (tertiary/aromatic N) is 1. The van der Waals surface area contributed by atoms with Crippen LogP contribution < -0.4 is 5.32 Å². The van der Waals surface area contributed by atoms with Crippen LogP contribution in [0.2, 0.25) is 0 Å². The van der Waals surface area contributed by atoms with Gasteiger partial charge in [0.2, 0.25) is 0 Å². The van der Waals surface area contributed by atoms with E-state index in [-0.39, 0.29) is 0 Å². The van der Waals surface area contributed by atoms with Crippen molar-refractivity contribution in [3.63, 3.8) is 0 Å². The fourth-order valence-corrected chi connectivity index (χ4v) is 1.88. The summed E-state index contributed by atoms with van der Waals surface area (Å²) in [6.07, 6.45) is 1.23. The molecule has 17 heavy (non-hydrogen) atoms. The standard InChI is InChI=1S/C15H26N2/c1-13(2)10-11-16-15(12-17(3)4)14-8-6-5-7-9-14/h5-9,13,15-16H,10-12H2,1-4H3. The lowest BCUT2D eigenvalue weighted by Crippen LogP contribution is -2.32. The third-order valence-electron chi connectivity index (χ3n) is 2.86. The maximum absolute atomic E-state index is 3.66. The van der Waals surface area contributed by atoms with Crippen molar-refractivity contribution in [2.45, 2.75) is 26.3 Å². The largest absolute Gasteiger partial charge is 0.309 e. The van der Waals surface area contributed by atoms with Crippen molar-refractivity contribution in [1.82, 2.24) is 10.2 Å². The van der Waals surface area contributed by atoms with Crippen molar-refractivity contribution in [1.29, 1.82) is 0 Å². The van der Waals surface area contributed by atoms with E-state index in [0.717, 1.165) is 19.0 Å². The molecule has 0 fully saturated rings. The van der Waals surface area contributed by atoms with Gasteiger partial charge in [-0.05, 0) is 38.5 Å². The molecule has 0 aromatic heterocycles. The van der Waals surface area contributed by atoms with E-state index >= 15 is 0 Å². The number of nitrogens with one attached hydrogen (secondary N) is 1. The molecule has 0 saturated heterocycles. The minimum Gasteiger partial charge on any atom is -0.309 e. The van der Waals surface area contributed by atoms with Crippen molar-refractivity contribution in [3.05, 3.63) is 35.9 Å². The second-order valence-electron chi connectivity index (χ2n) is 5.36. The van der Waals surface area contributed by atoms with Gasteiger partial charge < -0.3 is 10.2 Å². The summed E-state index contributed by atoms with van der Waals surface area (Å²) in [5.41, 5.74) is 1.38. The molecule has 0 bridgehead atoms. The lowest BCUT2D eigenvalue weighted by Gasteiger charge is -2.23. The van der Waals surface area contributed by atoms with Gasteiger partial charge in [-0.15, -0.1) is 0 Å². The molecule has 0 aliphatic heterocycles. The smallest absolute Gasteiger partial charge is 0.0449 e. The van der Waals surface area contributed by atoms with Crippen molar-refractivity contribution >= 4 is 0 Å². The molecule has 0 saturated carbocycles. The average Bonchev–Trinajstić information content (AvgIpc) is 2.28. The summed E-state index contributed by atoms with van der Waals surface area (Å²) < 4.78 is 0. The summed E-state index contributed by atoms with van der Waals surface area (Å²) in [5.74, 6) is 0.762. The molecule has 1 aromatic rings. The number of hydrogen-bond acceptors (Lipinski definition) is 2. The van der Waals surface area contributed by atoms with Crippen LogP contribution in [-0.4, -0.2) is 32.1 Å². The molecule has 1 rings (SSSR count). The Bertz CT molecular complexity index is 293. The SMILES string of the molecule is CC(C)CCNC(CN(C)C)c1ccccc1. The molecule has 1 unspecified atom stereocenters. The highest BCUT2D eigenvalue weighted by Crippen LogP contribution is 2.13. The maximum Gasteiger partial charge on any atom is 0.0449 e. The second kappa shape index (κ2) is 7.46. The summed E-state index contributed by atoms with van der Waals surface area (Å²) in [6, 6.07) is 11.1. The van der Waals surface area contributed by atoms with E-state index in [9.17, 15) is 0 Å². The Labute approximate surface area is 106 Å². The first-order valence-electron chi connectivity index (χ1n) is 6.52. The van der Waals surface area contributed by atoms with Gasteiger partial charge in [0, 0.05) is 12.6 Å².